The Labute approximate surface area is 138 Å². The number of aryl methyl sites for hydroxylation is 1. The molecule has 0 atom stereocenters. The van der Waals surface area contributed by atoms with Crippen LogP contribution in [0.25, 0.3) is 11.0 Å². The van der Waals surface area contributed by atoms with E-state index in [1.807, 2.05) is 0 Å². The highest BCUT2D eigenvalue weighted by atomic mass is 127. The van der Waals surface area contributed by atoms with Crippen molar-refractivity contribution in [3.63, 3.8) is 0 Å². The van der Waals surface area contributed by atoms with Gasteiger partial charge in [-0.25, -0.2) is 4.98 Å². The molecule has 0 amide bonds. The normalized spacial score (nSPS) is 16.3. The third-order valence-corrected chi connectivity index (χ3v) is 4.87. The number of aromatic nitrogens is 2. The van der Waals surface area contributed by atoms with E-state index in [2.05, 4.69) is 55.2 Å². The van der Waals surface area contributed by atoms with Crippen LogP contribution in [0.5, 0.6) is 0 Å². The zero-order valence-electron chi connectivity index (χ0n) is 11.5. The largest absolute Gasteiger partial charge is 0.327 e. The van der Waals surface area contributed by atoms with Gasteiger partial charge in [-0.05, 0) is 79.7 Å². The molecule has 1 fully saturated rings. The zero-order chi connectivity index (χ0) is 13.9. The average Bonchev–Trinajstić information content (AvgIpc) is 3.06. The maximum Gasteiger partial charge on any atom is 0.124 e. The first-order valence-electron chi connectivity index (χ1n) is 7.21. The highest BCUT2D eigenvalue weighted by Crippen LogP contribution is 2.21. The number of rotatable bonds is 5. The second kappa shape index (κ2) is 6.62. The van der Waals surface area contributed by atoms with Crippen LogP contribution < -0.4 is 0 Å². The van der Waals surface area contributed by atoms with E-state index < -0.39 is 0 Å². The van der Waals surface area contributed by atoms with Gasteiger partial charge < -0.3 is 9.47 Å². The molecule has 1 aliphatic heterocycles. The summed E-state index contributed by atoms with van der Waals surface area (Å²) >= 11 is 8.38. The van der Waals surface area contributed by atoms with Crippen molar-refractivity contribution in [3.8, 4) is 0 Å². The number of fused-ring (bicyclic) bond motifs is 1. The van der Waals surface area contributed by atoms with Crippen LogP contribution in [0.15, 0.2) is 18.2 Å². The van der Waals surface area contributed by atoms with Crippen LogP contribution in [0.4, 0.5) is 0 Å². The van der Waals surface area contributed by atoms with Gasteiger partial charge >= 0.3 is 0 Å². The Morgan fingerprint density at radius 3 is 2.75 bits per heavy atom. The predicted octanol–water partition coefficient (Wildman–Crippen LogP) is 3.87. The molecule has 3 rings (SSSR count). The number of hydrogen-bond donors (Lipinski definition) is 0. The molecule has 0 aliphatic carbocycles. The lowest BCUT2D eigenvalue weighted by Crippen LogP contribution is -2.21. The van der Waals surface area contributed by atoms with Gasteiger partial charge in [0.1, 0.15) is 5.82 Å². The summed E-state index contributed by atoms with van der Waals surface area (Å²) < 4.78 is 3.51. The molecule has 2 heterocycles. The number of hydrogen-bond acceptors (Lipinski definition) is 2. The highest BCUT2D eigenvalue weighted by molar-refractivity contribution is 14.1. The molecule has 108 valence electrons. The molecule has 1 aliphatic rings. The van der Waals surface area contributed by atoms with E-state index in [0.717, 1.165) is 17.9 Å². The van der Waals surface area contributed by atoms with Gasteiger partial charge in [0.25, 0.3) is 0 Å². The molecule has 1 aromatic carbocycles. The fourth-order valence-corrected chi connectivity index (χ4v) is 3.64. The van der Waals surface area contributed by atoms with Crippen LogP contribution in [0, 0.1) is 3.57 Å². The van der Waals surface area contributed by atoms with E-state index >= 15 is 0 Å². The van der Waals surface area contributed by atoms with E-state index in [-0.39, 0.29) is 0 Å². The quantitative estimate of drug-likeness (QED) is 0.558. The molecule has 20 heavy (non-hydrogen) atoms. The molecule has 3 nitrogen and oxygen atoms in total. The van der Waals surface area contributed by atoms with Gasteiger partial charge in [0.2, 0.25) is 0 Å². The van der Waals surface area contributed by atoms with Crippen molar-refractivity contribution in [1.82, 2.24) is 14.5 Å². The van der Waals surface area contributed by atoms with E-state index in [4.69, 9.17) is 11.6 Å². The van der Waals surface area contributed by atoms with Gasteiger partial charge in [0, 0.05) is 10.1 Å². The number of benzene rings is 1. The number of imidazole rings is 1. The zero-order valence-corrected chi connectivity index (χ0v) is 14.4. The predicted molar refractivity (Wildman–Crippen MR) is 92.3 cm³/mol. The molecule has 5 heteroatoms. The molecule has 1 saturated heterocycles. The molecule has 0 radical (unpaired) electrons. The second-order valence-electron chi connectivity index (χ2n) is 5.35. The SMILES string of the molecule is ClCc1nc2cc(I)ccc2n1CCCN1CCCC1. The molecule has 0 spiro atoms. The molecule has 0 unspecified atom stereocenters. The van der Waals surface area contributed by atoms with Crippen molar-refractivity contribution < 1.29 is 0 Å². The Balaban J connectivity index is 1.75. The van der Waals surface area contributed by atoms with Gasteiger partial charge in [0.15, 0.2) is 0 Å². The second-order valence-corrected chi connectivity index (χ2v) is 6.86. The molecule has 1 aromatic heterocycles. The summed E-state index contributed by atoms with van der Waals surface area (Å²) in [6.45, 7) is 4.73. The minimum Gasteiger partial charge on any atom is -0.327 e. The molecule has 0 saturated carbocycles. The maximum absolute atomic E-state index is 6.05. The fourth-order valence-electron chi connectivity index (χ4n) is 2.96. The maximum atomic E-state index is 6.05. The van der Waals surface area contributed by atoms with Crippen LogP contribution in [0.1, 0.15) is 25.1 Å². The van der Waals surface area contributed by atoms with Crippen molar-refractivity contribution in [2.24, 2.45) is 0 Å². The molecule has 0 bridgehead atoms. The van der Waals surface area contributed by atoms with Crippen molar-refractivity contribution in [2.75, 3.05) is 19.6 Å². The lowest BCUT2D eigenvalue weighted by atomic mass is 10.3. The number of halogens is 2. The first kappa shape index (κ1) is 14.6. The number of alkyl halides is 1. The number of nitrogens with zero attached hydrogens (tertiary/aromatic N) is 3. The first-order valence-corrected chi connectivity index (χ1v) is 8.82. The minimum atomic E-state index is 0.481. The van der Waals surface area contributed by atoms with E-state index in [0.29, 0.717) is 5.88 Å². The summed E-state index contributed by atoms with van der Waals surface area (Å²) in [5.41, 5.74) is 2.27. The van der Waals surface area contributed by atoms with Crippen molar-refractivity contribution in [1.29, 1.82) is 0 Å². The molecule has 2 aromatic rings. The van der Waals surface area contributed by atoms with Crippen LogP contribution in [-0.4, -0.2) is 34.1 Å². The average molecular weight is 404 g/mol. The summed E-state index contributed by atoms with van der Waals surface area (Å²) in [4.78, 5) is 7.21. The first-order chi connectivity index (χ1) is 9.78. The Hall–Kier alpha value is -0.330. The summed E-state index contributed by atoms with van der Waals surface area (Å²) in [5.74, 6) is 1.47. The minimum absolute atomic E-state index is 0.481. The Bertz CT molecular complexity index is 590. The molecular weight excluding hydrogens is 385 g/mol. The van der Waals surface area contributed by atoms with Crippen LogP contribution in [0.2, 0.25) is 0 Å². The van der Waals surface area contributed by atoms with Gasteiger partial charge in [-0.2, -0.15) is 0 Å². The lowest BCUT2D eigenvalue weighted by molar-refractivity contribution is 0.325. The smallest absolute Gasteiger partial charge is 0.124 e. The van der Waals surface area contributed by atoms with Gasteiger partial charge in [-0.1, -0.05) is 0 Å². The summed E-state index contributed by atoms with van der Waals surface area (Å²) in [7, 11) is 0. The van der Waals surface area contributed by atoms with Gasteiger partial charge in [-0.15, -0.1) is 11.6 Å². The third kappa shape index (κ3) is 3.12. The van der Waals surface area contributed by atoms with E-state index in [9.17, 15) is 0 Å². The van der Waals surface area contributed by atoms with Crippen molar-refractivity contribution in [2.45, 2.75) is 31.7 Å². The standard InChI is InChI=1S/C15H19ClIN3/c16-11-15-18-13-10-12(17)4-5-14(13)20(15)9-3-8-19-6-1-2-7-19/h4-5,10H,1-3,6-9,11H2. The van der Waals surface area contributed by atoms with Gasteiger partial charge in [0.05, 0.1) is 16.9 Å². The van der Waals surface area contributed by atoms with E-state index in [1.54, 1.807) is 0 Å². The topological polar surface area (TPSA) is 21.1 Å². The van der Waals surface area contributed by atoms with Crippen molar-refractivity contribution >= 4 is 45.2 Å². The van der Waals surface area contributed by atoms with Crippen LogP contribution in [0.3, 0.4) is 0 Å². The third-order valence-electron chi connectivity index (χ3n) is 3.96. The Morgan fingerprint density at radius 1 is 1.20 bits per heavy atom. The number of likely N-dealkylation sites (tertiary alicyclic amines) is 1. The monoisotopic (exact) mass is 403 g/mol. The Kier molecular flexibility index (Phi) is 4.83. The van der Waals surface area contributed by atoms with Crippen molar-refractivity contribution in [3.05, 3.63) is 27.6 Å². The van der Waals surface area contributed by atoms with Gasteiger partial charge in [-0.3, -0.25) is 0 Å². The summed E-state index contributed by atoms with van der Waals surface area (Å²) in [6, 6.07) is 6.43. The summed E-state index contributed by atoms with van der Waals surface area (Å²) in [6.07, 6.45) is 3.89. The molecule has 0 N–H and O–H groups in total. The molecular formula is C15H19ClIN3. The fraction of sp³-hybridized carbons (Fsp3) is 0.533. The lowest BCUT2D eigenvalue weighted by Gasteiger charge is -2.15. The van der Waals surface area contributed by atoms with Crippen LogP contribution in [-0.2, 0) is 12.4 Å². The highest BCUT2D eigenvalue weighted by Gasteiger charge is 2.13. The summed E-state index contributed by atoms with van der Waals surface area (Å²) in [5, 5.41) is 0. The van der Waals surface area contributed by atoms with Crippen LogP contribution >= 0.6 is 34.2 Å². The Morgan fingerprint density at radius 2 is 2.00 bits per heavy atom. The van der Waals surface area contributed by atoms with E-state index in [1.165, 1.54) is 48.0 Å².